The van der Waals surface area contributed by atoms with Gasteiger partial charge in [0, 0.05) is 10.6 Å². The van der Waals surface area contributed by atoms with Crippen LogP contribution < -0.4 is 9.75 Å². The lowest BCUT2D eigenvalue weighted by atomic mass is 10.1. The Morgan fingerprint density at radius 1 is 1.27 bits per heavy atom. The number of benzene rings is 2. The molecule has 0 saturated carbocycles. The molecule has 0 atom stereocenters. The predicted molar refractivity (Wildman–Crippen MR) is 99.6 cm³/mol. The lowest BCUT2D eigenvalue weighted by molar-refractivity contribution is -0.139. The minimum absolute atomic E-state index is 0.294. The van der Waals surface area contributed by atoms with E-state index in [0.29, 0.717) is 33.3 Å². The standard InChI is InChI=1S/C19H15ClN2O4/c1-12-16(9-13-5-2-3-8-17(13)26-11-18(23)24)19(25)22(21-12)15-7-4-6-14(20)10-15/h2-10H,11H2,1H3,(H,23,24)/b16-9-. The third-order valence-corrected chi connectivity index (χ3v) is 3.92. The van der Waals surface area contributed by atoms with Crippen LogP contribution in [0.2, 0.25) is 5.02 Å². The molecule has 1 aliphatic heterocycles. The topological polar surface area (TPSA) is 79.2 Å². The summed E-state index contributed by atoms with van der Waals surface area (Å²) in [5, 5.41) is 14.9. The Morgan fingerprint density at radius 2 is 2.04 bits per heavy atom. The molecule has 2 aromatic rings. The number of carbonyl (C=O) groups is 2. The second-order valence-corrected chi connectivity index (χ2v) is 6.00. The molecule has 0 aliphatic carbocycles. The maximum atomic E-state index is 12.8. The van der Waals surface area contributed by atoms with Crippen molar-refractivity contribution >= 4 is 41.0 Å². The number of hydrogen-bond donors (Lipinski definition) is 1. The molecule has 0 radical (unpaired) electrons. The zero-order valence-electron chi connectivity index (χ0n) is 13.8. The Labute approximate surface area is 155 Å². The van der Waals surface area contributed by atoms with Gasteiger partial charge in [0.15, 0.2) is 6.61 Å². The van der Waals surface area contributed by atoms with Crippen molar-refractivity contribution in [2.24, 2.45) is 5.10 Å². The molecule has 0 aromatic heterocycles. The van der Waals surface area contributed by atoms with Crippen LogP contribution in [0.15, 0.2) is 59.2 Å². The van der Waals surface area contributed by atoms with E-state index < -0.39 is 12.6 Å². The number of amides is 1. The Bertz CT molecular complexity index is 937. The first-order valence-corrected chi connectivity index (χ1v) is 8.14. The zero-order valence-corrected chi connectivity index (χ0v) is 14.6. The highest BCUT2D eigenvalue weighted by Crippen LogP contribution is 2.28. The van der Waals surface area contributed by atoms with Gasteiger partial charge in [-0.3, -0.25) is 4.79 Å². The first kappa shape index (κ1) is 17.7. The summed E-state index contributed by atoms with van der Waals surface area (Å²) in [4.78, 5) is 23.5. The van der Waals surface area contributed by atoms with Crippen LogP contribution in [0.3, 0.4) is 0 Å². The Hall–Kier alpha value is -3.12. The lowest BCUT2D eigenvalue weighted by Crippen LogP contribution is -2.21. The molecule has 0 fully saturated rings. The average Bonchev–Trinajstić information content (AvgIpc) is 2.89. The van der Waals surface area contributed by atoms with Crippen molar-refractivity contribution in [3.63, 3.8) is 0 Å². The van der Waals surface area contributed by atoms with E-state index in [-0.39, 0.29) is 5.91 Å². The summed E-state index contributed by atoms with van der Waals surface area (Å²) in [5.41, 5.74) is 2.11. The van der Waals surface area contributed by atoms with Gasteiger partial charge in [-0.1, -0.05) is 35.9 Å². The maximum Gasteiger partial charge on any atom is 0.341 e. The summed E-state index contributed by atoms with van der Waals surface area (Å²) in [7, 11) is 0. The molecule has 2 aromatic carbocycles. The molecule has 1 amide bonds. The summed E-state index contributed by atoms with van der Waals surface area (Å²) in [5.74, 6) is -0.990. The molecule has 7 heteroatoms. The smallest absolute Gasteiger partial charge is 0.341 e. The number of ether oxygens (including phenoxy) is 1. The molecule has 1 heterocycles. The quantitative estimate of drug-likeness (QED) is 0.815. The van der Waals surface area contributed by atoms with Gasteiger partial charge in [0.2, 0.25) is 0 Å². The fraction of sp³-hybridized carbons (Fsp3) is 0.105. The van der Waals surface area contributed by atoms with Crippen LogP contribution in [0.5, 0.6) is 5.75 Å². The van der Waals surface area contributed by atoms with Crippen LogP contribution in [0, 0.1) is 0 Å². The van der Waals surface area contributed by atoms with Crippen LogP contribution in [-0.4, -0.2) is 29.3 Å². The van der Waals surface area contributed by atoms with E-state index in [9.17, 15) is 9.59 Å². The Kier molecular flexibility index (Phi) is 5.04. The van der Waals surface area contributed by atoms with Crippen molar-refractivity contribution < 1.29 is 19.4 Å². The third kappa shape index (κ3) is 3.75. The first-order valence-electron chi connectivity index (χ1n) is 7.76. The number of hydrazone groups is 1. The minimum atomic E-state index is -1.07. The normalized spacial score (nSPS) is 15.3. The molecule has 3 rings (SSSR count). The molecule has 6 nitrogen and oxygen atoms in total. The predicted octanol–water partition coefficient (Wildman–Crippen LogP) is 3.61. The average molecular weight is 371 g/mol. The van der Waals surface area contributed by atoms with Crippen LogP contribution in [0.25, 0.3) is 6.08 Å². The van der Waals surface area contributed by atoms with Gasteiger partial charge in [0.1, 0.15) is 5.75 Å². The van der Waals surface area contributed by atoms with E-state index in [0.717, 1.165) is 0 Å². The van der Waals surface area contributed by atoms with Crippen molar-refractivity contribution in [3.05, 3.63) is 64.7 Å². The molecule has 0 spiro atoms. The number of carboxylic acids is 1. The number of para-hydroxylation sites is 1. The Balaban J connectivity index is 1.92. The summed E-state index contributed by atoms with van der Waals surface area (Å²) in [6.45, 7) is 1.27. The highest BCUT2D eigenvalue weighted by molar-refractivity contribution is 6.33. The second-order valence-electron chi connectivity index (χ2n) is 5.56. The second kappa shape index (κ2) is 7.41. The van der Waals surface area contributed by atoms with E-state index in [1.54, 1.807) is 61.5 Å². The number of nitrogens with zero attached hydrogens (tertiary/aromatic N) is 2. The molecule has 0 unspecified atom stereocenters. The molecule has 1 aliphatic rings. The summed E-state index contributed by atoms with van der Waals surface area (Å²) in [6.07, 6.45) is 1.64. The molecule has 132 valence electrons. The number of anilines is 1. The van der Waals surface area contributed by atoms with Gasteiger partial charge in [0.05, 0.1) is 17.0 Å². The third-order valence-electron chi connectivity index (χ3n) is 3.69. The molecule has 0 saturated heterocycles. The molecular formula is C19H15ClN2O4. The number of hydrogen-bond acceptors (Lipinski definition) is 4. The van der Waals surface area contributed by atoms with Gasteiger partial charge in [-0.2, -0.15) is 10.1 Å². The van der Waals surface area contributed by atoms with Gasteiger partial charge in [-0.25, -0.2) is 4.79 Å². The van der Waals surface area contributed by atoms with Gasteiger partial charge in [-0.15, -0.1) is 0 Å². The van der Waals surface area contributed by atoms with Gasteiger partial charge in [0.25, 0.3) is 5.91 Å². The molecule has 1 N–H and O–H groups in total. The fourth-order valence-corrected chi connectivity index (χ4v) is 2.68. The van der Waals surface area contributed by atoms with E-state index >= 15 is 0 Å². The van der Waals surface area contributed by atoms with Crippen LogP contribution >= 0.6 is 11.6 Å². The van der Waals surface area contributed by atoms with Crippen molar-refractivity contribution in [3.8, 4) is 5.75 Å². The molecule has 0 bridgehead atoms. The summed E-state index contributed by atoms with van der Waals surface area (Å²) < 4.78 is 5.28. The fourth-order valence-electron chi connectivity index (χ4n) is 2.49. The number of carbonyl (C=O) groups excluding carboxylic acids is 1. The first-order chi connectivity index (χ1) is 12.5. The van der Waals surface area contributed by atoms with Crippen LogP contribution in [0.1, 0.15) is 12.5 Å². The minimum Gasteiger partial charge on any atom is -0.481 e. The largest absolute Gasteiger partial charge is 0.481 e. The highest BCUT2D eigenvalue weighted by atomic mass is 35.5. The number of aliphatic carboxylic acids is 1. The number of halogens is 1. The maximum absolute atomic E-state index is 12.8. The molecule has 26 heavy (non-hydrogen) atoms. The SMILES string of the molecule is CC1=NN(c2cccc(Cl)c2)C(=O)/C1=C\c1ccccc1OCC(=O)O. The van der Waals surface area contributed by atoms with Crippen molar-refractivity contribution in [1.29, 1.82) is 0 Å². The van der Waals surface area contributed by atoms with Crippen LogP contribution in [0.4, 0.5) is 5.69 Å². The van der Waals surface area contributed by atoms with Crippen molar-refractivity contribution in [2.75, 3.05) is 11.6 Å². The van der Waals surface area contributed by atoms with Gasteiger partial charge in [-0.05, 0) is 37.3 Å². The van der Waals surface area contributed by atoms with Gasteiger partial charge >= 0.3 is 5.97 Å². The van der Waals surface area contributed by atoms with E-state index in [4.69, 9.17) is 21.4 Å². The van der Waals surface area contributed by atoms with E-state index in [1.807, 2.05) is 0 Å². The van der Waals surface area contributed by atoms with Crippen molar-refractivity contribution in [2.45, 2.75) is 6.92 Å². The number of rotatable bonds is 5. The van der Waals surface area contributed by atoms with E-state index in [1.165, 1.54) is 5.01 Å². The highest BCUT2D eigenvalue weighted by Gasteiger charge is 2.29. The monoisotopic (exact) mass is 370 g/mol. The Morgan fingerprint density at radius 3 is 2.77 bits per heavy atom. The van der Waals surface area contributed by atoms with Gasteiger partial charge < -0.3 is 9.84 Å². The van der Waals surface area contributed by atoms with Crippen LogP contribution in [-0.2, 0) is 9.59 Å². The molecular weight excluding hydrogens is 356 g/mol. The number of carboxylic acid groups (broad SMARTS) is 1. The summed E-state index contributed by atoms with van der Waals surface area (Å²) >= 11 is 5.99. The summed E-state index contributed by atoms with van der Waals surface area (Å²) in [6, 6.07) is 13.8. The zero-order chi connectivity index (χ0) is 18.7. The lowest BCUT2D eigenvalue weighted by Gasteiger charge is -2.12. The van der Waals surface area contributed by atoms with E-state index in [2.05, 4.69) is 5.10 Å². The van der Waals surface area contributed by atoms with Crippen molar-refractivity contribution in [1.82, 2.24) is 0 Å².